The van der Waals surface area contributed by atoms with Crippen molar-refractivity contribution in [2.45, 2.75) is 179 Å². The average Bonchev–Trinajstić information content (AvgIpc) is 0.850. The van der Waals surface area contributed by atoms with Crippen molar-refractivity contribution in [3.63, 3.8) is 0 Å². The Labute approximate surface area is 690 Å². The van der Waals surface area contributed by atoms with Crippen LogP contribution in [0, 0.1) is 11.8 Å². The number of unbranched alkanes of at least 4 members (excludes halogenated alkanes) is 3. The van der Waals surface area contributed by atoms with E-state index in [2.05, 4.69) is 182 Å². The van der Waals surface area contributed by atoms with E-state index in [0.717, 1.165) is 121 Å². The summed E-state index contributed by atoms with van der Waals surface area (Å²) < 4.78 is 0. The van der Waals surface area contributed by atoms with E-state index in [-0.39, 0.29) is 45.9 Å². The van der Waals surface area contributed by atoms with Crippen LogP contribution < -0.4 is 0 Å². The number of nitrogens with zero attached hydrogens (tertiary/aromatic N) is 6. The molecule has 8 aromatic carbocycles. The first kappa shape index (κ1) is 89.0. The van der Waals surface area contributed by atoms with Gasteiger partial charge in [0.2, 0.25) is 40.0 Å². The van der Waals surface area contributed by atoms with Crippen LogP contribution in [0.4, 0.5) is 0 Å². The molecule has 2 aliphatic carbocycles. The summed E-state index contributed by atoms with van der Waals surface area (Å²) in [5.41, 5.74) is 10.0. The molecular formula is C97H121BCl2N6O8. The molecule has 3 saturated heterocycles. The molecule has 5 aliphatic rings. The number of halogens is 2. The van der Waals surface area contributed by atoms with E-state index >= 15 is 0 Å². The van der Waals surface area contributed by atoms with Crippen LogP contribution in [0.5, 0.6) is 0 Å². The van der Waals surface area contributed by atoms with Gasteiger partial charge in [0.1, 0.15) is 0 Å². The lowest BCUT2D eigenvalue weighted by Gasteiger charge is -2.37. The quantitative estimate of drug-likeness (QED) is 0.0286. The number of hydrogen-bond donors (Lipinski definition) is 1. The van der Waals surface area contributed by atoms with Crippen LogP contribution in [-0.2, 0) is 46.4 Å². The Hall–Kier alpha value is -8.99. The molecule has 5 fully saturated rings. The van der Waals surface area contributed by atoms with E-state index in [1.165, 1.54) is 71.9 Å². The van der Waals surface area contributed by atoms with Crippen LogP contribution in [0.25, 0.3) is 0 Å². The zero-order valence-electron chi connectivity index (χ0n) is 67.3. The SMILES string of the molecule is CB(O)N1CCN(C(=O)CCCCC(c2ccccc2)c2ccccc2)CC1.O=C(CCCCC(c1ccccc1)c1ccccc1)N1CCN(C(=O)C2CCCCC2)CC1.O=C(CCCCC(c1ccccc1)c1ccccc1)N1CCN(C(=O)Cc2ccccc2)CC1.O=C(Cl)C1CCCCC1.O=C(Cl)Cc1ccccc1. The molecule has 5 amide bonds. The maximum atomic E-state index is 12.8. The van der Waals surface area contributed by atoms with Crippen LogP contribution in [0.3, 0.4) is 0 Å². The summed E-state index contributed by atoms with van der Waals surface area (Å²) in [4.78, 5) is 96.1. The van der Waals surface area contributed by atoms with Crippen molar-refractivity contribution in [1.29, 1.82) is 0 Å². The van der Waals surface area contributed by atoms with Gasteiger partial charge in [-0.25, -0.2) is 0 Å². The van der Waals surface area contributed by atoms with E-state index in [1.54, 1.807) is 6.82 Å². The van der Waals surface area contributed by atoms with Gasteiger partial charge in [-0.3, -0.25) is 33.6 Å². The van der Waals surface area contributed by atoms with E-state index in [4.69, 9.17) is 23.2 Å². The maximum absolute atomic E-state index is 12.8. The zero-order valence-corrected chi connectivity index (χ0v) is 68.8. The van der Waals surface area contributed by atoms with Crippen LogP contribution in [0.15, 0.2) is 243 Å². The molecule has 3 aliphatic heterocycles. The number of amides is 5. The van der Waals surface area contributed by atoms with Crippen LogP contribution in [-0.4, -0.2) is 160 Å². The normalized spacial score (nSPS) is 15.4. The third-order valence-corrected chi connectivity index (χ3v) is 23.4. The zero-order chi connectivity index (χ0) is 80.3. The lowest BCUT2D eigenvalue weighted by molar-refractivity contribution is -0.142. The van der Waals surface area contributed by atoms with E-state index < -0.39 is 7.05 Å². The van der Waals surface area contributed by atoms with Crippen molar-refractivity contribution in [3.05, 3.63) is 287 Å². The first-order valence-corrected chi connectivity index (χ1v) is 43.0. The number of carbonyl (C=O) groups is 7. The molecule has 8 aromatic rings. The Bertz CT molecular complexity index is 3930. The van der Waals surface area contributed by atoms with Crippen LogP contribution in [0.1, 0.15) is 204 Å². The summed E-state index contributed by atoms with van der Waals surface area (Å²) in [6.45, 7) is 10.0. The second-order valence-corrected chi connectivity index (χ2v) is 31.8. The van der Waals surface area contributed by atoms with Gasteiger partial charge in [0, 0.05) is 134 Å². The Balaban J connectivity index is 0.000000175. The van der Waals surface area contributed by atoms with E-state index in [0.29, 0.717) is 108 Å². The highest BCUT2D eigenvalue weighted by Gasteiger charge is 2.31. The number of piperazine rings is 3. The maximum Gasteiger partial charge on any atom is 0.376 e. The molecule has 1 N–H and O–H groups in total. The van der Waals surface area contributed by atoms with Gasteiger partial charge < -0.3 is 34.3 Å². The molecule has 13 rings (SSSR count). The summed E-state index contributed by atoms with van der Waals surface area (Å²) >= 11 is 10.5. The number of carbonyl (C=O) groups excluding carboxylic acids is 7. The monoisotopic (exact) mass is 1580 g/mol. The molecule has 0 bridgehead atoms. The van der Waals surface area contributed by atoms with E-state index in [1.807, 2.05) is 90.0 Å². The molecule has 0 aromatic heterocycles. The lowest BCUT2D eigenvalue weighted by Crippen LogP contribution is -2.52. The Kier molecular flexibility index (Phi) is 39.3. The van der Waals surface area contributed by atoms with Crippen LogP contribution >= 0.6 is 23.2 Å². The predicted molar refractivity (Wildman–Crippen MR) is 463 cm³/mol. The first-order valence-electron chi connectivity index (χ1n) is 42.2. The Morgan fingerprint density at radius 1 is 0.325 bits per heavy atom. The molecule has 0 spiro atoms. The molecule has 0 unspecified atom stereocenters. The molecule has 17 heteroatoms. The van der Waals surface area contributed by atoms with Gasteiger partial charge in [0.25, 0.3) is 0 Å². The number of rotatable bonds is 28. The second kappa shape index (κ2) is 50.4. The average molecular weight is 1580 g/mol. The Morgan fingerprint density at radius 3 is 0.851 bits per heavy atom. The second-order valence-electron chi connectivity index (χ2n) is 31.0. The van der Waals surface area contributed by atoms with Crippen molar-refractivity contribution in [3.8, 4) is 0 Å². The third-order valence-electron chi connectivity index (χ3n) is 23.0. The highest BCUT2D eigenvalue weighted by molar-refractivity contribution is 6.64. The molecule has 2 saturated carbocycles. The largest absolute Gasteiger partial charge is 0.437 e. The van der Waals surface area contributed by atoms with Gasteiger partial charge in [-0.15, -0.1) is 0 Å². The van der Waals surface area contributed by atoms with Gasteiger partial charge in [-0.1, -0.05) is 300 Å². The molecule has 14 nitrogen and oxygen atoms in total. The summed E-state index contributed by atoms with van der Waals surface area (Å²) in [5, 5.41) is 9.19. The van der Waals surface area contributed by atoms with E-state index in [9.17, 15) is 38.6 Å². The topological polar surface area (TPSA) is 159 Å². The van der Waals surface area contributed by atoms with Gasteiger partial charge in [0.05, 0.1) is 6.42 Å². The third kappa shape index (κ3) is 31.0. The molecule has 0 atom stereocenters. The molecule has 114 heavy (non-hydrogen) atoms. The van der Waals surface area contributed by atoms with Crippen LogP contribution in [0.2, 0.25) is 6.82 Å². The van der Waals surface area contributed by atoms with Crippen molar-refractivity contribution < 1.29 is 38.6 Å². The summed E-state index contributed by atoms with van der Waals surface area (Å²) in [7, 11) is -0.426. The molecule has 0 radical (unpaired) electrons. The summed E-state index contributed by atoms with van der Waals surface area (Å²) in [6, 6.07) is 83.2. The van der Waals surface area contributed by atoms with Gasteiger partial charge in [-0.2, -0.15) is 0 Å². The summed E-state index contributed by atoms with van der Waals surface area (Å²) in [5.74, 6) is 2.70. The predicted octanol–water partition coefficient (Wildman–Crippen LogP) is 18.9. The van der Waals surface area contributed by atoms with Crippen molar-refractivity contribution >= 4 is 70.3 Å². The van der Waals surface area contributed by atoms with Gasteiger partial charge >= 0.3 is 7.05 Å². The number of benzene rings is 8. The van der Waals surface area contributed by atoms with Gasteiger partial charge in [0.15, 0.2) is 0 Å². The molecular weight excluding hydrogens is 1460 g/mol. The smallest absolute Gasteiger partial charge is 0.376 e. The van der Waals surface area contributed by atoms with Crippen molar-refractivity contribution in [2.75, 3.05) is 78.5 Å². The first-order chi connectivity index (χ1) is 55.7. The minimum absolute atomic E-state index is 0.130. The van der Waals surface area contributed by atoms with Crippen molar-refractivity contribution in [2.24, 2.45) is 11.8 Å². The number of hydrogen-bond acceptors (Lipinski definition) is 9. The minimum atomic E-state index is -0.426. The highest BCUT2D eigenvalue weighted by Crippen LogP contribution is 2.34. The lowest BCUT2D eigenvalue weighted by atomic mass is 9.84. The molecule has 604 valence electrons. The fourth-order valence-corrected chi connectivity index (χ4v) is 16.7. The standard InChI is InChI=1S/C30H34N2O2.C29H38N2O2.C23H31BN2O2.C8H7ClO.C7H11ClO/c33-29(31-20-22-32(23-21-31)30(34)24-25-12-4-1-5-13-25)19-11-10-18-28(26-14-6-2-7-15-26)27-16-8-3-9-17-27;32-28(30-20-22-31(23-21-30)29(33)26-16-8-3-9-17-26)19-11-10-18-27(24-12-4-1-5-13-24)25-14-6-2-7-15-25;1-24(28)26-18-16-25(17-19-26)23(27)15-9-8-14-22(20-10-4-2-5-11-20)21-12-6-3-7-13-21;9-8(10)6-7-4-2-1-3-5-7;8-7(9)6-4-2-1-3-5-6/h1-9,12-17,28H,10-11,18-24H2;1-2,4-7,12-15,26-27H,3,8-11,16-23H2;2-7,10-13,22,28H,8-9,14-19H2,1H3;1-5H,6H2;6H,1-5H2. The molecule has 3 heterocycles. The summed E-state index contributed by atoms with van der Waals surface area (Å²) in [6.07, 6.45) is 22.9. The highest BCUT2D eigenvalue weighted by atomic mass is 35.5. The van der Waals surface area contributed by atoms with Crippen molar-refractivity contribution in [1.82, 2.24) is 29.3 Å². The Morgan fingerprint density at radius 2 is 0.579 bits per heavy atom. The minimum Gasteiger partial charge on any atom is -0.437 e. The van der Waals surface area contributed by atoms with Gasteiger partial charge in [-0.05, 0) is 139 Å². The fraction of sp³-hybridized carbons (Fsp3) is 0.433. The fourth-order valence-electron chi connectivity index (χ4n) is 16.3.